The van der Waals surface area contributed by atoms with Gasteiger partial charge in [0.1, 0.15) is 11.0 Å². The van der Waals surface area contributed by atoms with Crippen LogP contribution in [0.3, 0.4) is 0 Å². The summed E-state index contributed by atoms with van der Waals surface area (Å²) in [6, 6.07) is 22.1. The van der Waals surface area contributed by atoms with Gasteiger partial charge in [-0.2, -0.15) is 0 Å². The van der Waals surface area contributed by atoms with Crippen LogP contribution >= 0.6 is 0 Å². The lowest BCUT2D eigenvalue weighted by Crippen LogP contribution is -2.25. The topological polar surface area (TPSA) is 75.7 Å². The molecule has 0 fully saturated rings. The molecule has 0 saturated heterocycles. The monoisotopic (exact) mass is 476 g/mol. The van der Waals surface area contributed by atoms with Crippen molar-refractivity contribution in [2.75, 3.05) is 31.1 Å². The molecule has 0 amide bonds. The first-order valence-corrected chi connectivity index (χ1v) is 12.5. The maximum Gasteiger partial charge on any atom is 0.338 e. The van der Waals surface area contributed by atoms with Crippen LogP contribution in [0.5, 0.6) is 0 Å². The molecule has 3 aromatic rings. The van der Waals surface area contributed by atoms with Crippen molar-refractivity contribution in [3.05, 3.63) is 95.1 Å². The van der Waals surface area contributed by atoms with Crippen LogP contribution in [0.2, 0.25) is 0 Å². The van der Waals surface area contributed by atoms with E-state index in [2.05, 4.69) is 9.62 Å². The van der Waals surface area contributed by atoms with Gasteiger partial charge in [0.05, 0.1) is 23.6 Å². The minimum Gasteiger partial charge on any atom is -0.462 e. The molecule has 4 rings (SSSR count). The zero-order chi connectivity index (χ0) is 23.9. The van der Waals surface area contributed by atoms with Crippen molar-refractivity contribution >= 4 is 28.4 Å². The standard InChI is InChI=1S/C27H28N2O4S/c1-20-8-11-24(12-9-20)34(32)28-19-26(30)23-10-13-25-22(18-23)14-16-29(25)15-5-17-33-27(31)21-6-3-2-4-7-21/h2-4,6-13,18,28H,5,14-17,19H2,1H3. The number of aryl methyl sites for hydroxylation is 1. The molecule has 0 spiro atoms. The molecule has 0 bridgehead atoms. The Bertz CT molecular complexity index is 1180. The van der Waals surface area contributed by atoms with Gasteiger partial charge in [-0.25, -0.2) is 13.7 Å². The van der Waals surface area contributed by atoms with E-state index in [1.54, 1.807) is 24.3 Å². The van der Waals surface area contributed by atoms with Crippen LogP contribution in [0.4, 0.5) is 5.69 Å². The first kappa shape index (κ1) is 23.9. The first-order valence-electron chi connectivity index (χ1n) is 11.4. The van der Waals surface area contributed by atoms with Crippen molar-refractivity contribution in [1.29, 1.82) is 0 Å². The zero-order valence-electron chi connectivity index (χ0n) is 19.2. The van der Waals surface area contributed by atoms with Crippen LogP contribution in [0, 0.1) is 6.92 Å². The predicted molar refractivity (Wildman–Crippen MR) is 134 cm³/mol. The SMILES string of the molecule is Cc1ccc(S(=O)NCC(=O)c2ccc3c(c2)CCN3CCCOC(=O)c2ccccc2)cc1. The Hall–Kier alpha value is -3.29. The molecule has 1 unspecified atom stereocenters. The van der Waals surface area contributed by atoms with Gasteiger partial charge in [0.15, 0.2) is 5.78 Å². The molecule has 0 saturated carbocycles. The van der Waals surface area contributed by atoms with E-state index in [9.17, 15) is 13.8 Å². The van der Waals surface area contributed by atoms with Gasteiger partial charge in [-0.3, -0.25) is 4.79 Å². The van der Waals surface area contributed by atoms with Crippen molar-refractivity contribution in [2.45, 2.75) is 24.7 Å². The maximum atomic E-state index is 12.6. The number of rotatable bonds is 10. The Morgan fingerprint density at radius 3 is 2.53 bits per heavy atom. The van der Waals surface area contributed by atoms with Gasteiger partial charge in [-0.05, 0) is 67.8 Å². The van der Waals surface area contributed by atoms with Crippen LogP contribution < -0.4 is 9.62 Å². The van der Waals surface area contributed by atoms with E-state index in [0.717, 1.165) is 42.7 Å². The zero-order valence-corrected chi connectivity index (χ0v) is 20.0. The van der Waals surface area contributed by atoms with Gasteiger partial charge in [0, 0.05) is 24.3 Å². The average Bonchev–Trinajstić information content (AvgIpc) is 3.28. The summed E-state index contributed by atoms with van der Waals surface area (Å²) in [5.74, 6) is -0.392. The number of hydrogen-bond acceptors (Lipinski definition) is 5. The summed E-state index contributed by atoms with van der Waals surface area (Å²) < 4.78 is 20.6. The molecule has 7 heteroatoms. The number of fused-ring (bicyclic) bond motifs is 1. The minimum absolute atomic E-state index is 0.00969. The maximum absolute atomic E-state index is 12.6. The minimum atomic E-state index is -1.43. The van der Waals surface area contributed by atoms with Gasteiger partial charge in [0.2, 0.25) is 0 Å². The molecular weight excluding hydrogens is 448 g/mol. The Morgan fingerprint density at radius 1 is 1.00 bits per heavy atom. The number of esters is 1. The summed E-state index contributed by atoms with van der Waals surface area (Å²) in [4.78, 5) is 27.6. The van der Waals surface area contributed by atoms with E-state index >= 15 is 0 Å². The Labute approximate surface area is 202 Å². The van der Waals surface area contributed by atoms with Crippen LogP contribution in [0.1, 0.15) is 38.3 Å². The summed E-state index contributed by atoms with van der Waals surface area (Å²) in [6.45, 7) is 3.99. The predicted octanol–water partition coefficient (Wildman–Crippen LogP) is 4.10. The molecule has 176 valence electrons. The third kappa shape index (κ3) is 5.98. The normalized spacial score (nSPS) is 13.4. The van der Waals surface area contributed by atoms with Crippen molar-refractivity contribution in [1.82, 2.24) is 4.72 Å². The molecule has 34 heavy (non-hydrogen) atoms. The molecule has 6 nitrogen and oxygen atoms in total. The van der Waals surface area contributed by atoms with Gasteiger partial charge in [-0.1, -0.05) is 35.9 Å². The fraction of sp³-hybridized carbons (Fsp3) is 0.259. The second-order valence-corrected chi connectivity index (χ2v) is 9.56. The second-order valence-electron chi connectivity index (χ2n) is 8.26. The van der Waals surface area contributed by atoms with Gasteiger partial charge < -0.3 is 9.64 Å². The van der Waals surface area contributed by atoms with E-state index in [1.807, 2.05) is 55.5 Å². The van der Waals surface area contributed by atoms with E-state index in [-0.39, 0.29) is 18.3 Å². The molecule has 1 heterocycles. The lowest BCUT2D eigenvalue weighted by Gasteiger charge is -2.19. The van der Waals surface area contributed by atoms with Gasteiger partial charge >= 0.3 is 5.97 Å². The summed E-state index contributed by atoms with van der Waals surface area (Å²) in [6.07, 6.45) is 1.59. The van der Waals surface area contributed by atoms with E-state index in [4.69, 9.17) is 4.74 Å². The second kappa shape index (κ2) is 11.2. The molecule has 1 aliphatic heterocycles. The summed E-state index contributed by atoms with van der Waals surface area (Å²) >= 11 is 0. The molecule has 0 aliphatic carbocycles. The Balaban J connectivity index is 1.25. The number of benzene rings is 3. The lowest BCUT2D eigenvalue weighted by molar-refractivity contribution is 0.0502. The van der Waals surface area contributed by atoms with Crippen molar-refractivity contribution < 1.29 is 18.5 Å². The van der Waals surface area contributed by atoms with E-state index in [0.29, 0.717) is 22.6 Å². The smallest absolute Gasteiger partial charge is 0.338 e. The number of ether oxygens (including phenoxy) is 1. The highest BCUT2D eigenvalue weighted by molar-refractivity contribution is 7.83. The highest BCUT2D eigenvalue weighted by Gasteiger charge is 2.20. The quantitative estimate of drug-likeness (QED) is 0.271. The highest BCUT2D eigenvalue weighted by atomic mass is 32.2. The number of hydrogen-bond donors (Lipinski definition) is 1. The van der Waals surface area contributed by atoms with Crippen molar-refractivity contribution in [2.24, 2.45) is 0 Å². The number of nitrogens with zero attached hydrogens (tertiary/aromatic N) is 1. The third-order valence-corrected chi connectivity index (χ3v) is 6.91. The summed E-state index contributed by atoms with van der Waals surface area (Å²) in [5, 5.41) is 0. The fourth-order valence-electron chi connectivity index (χ4n) is 3.93. The van der Waals surface area contributed by atoms with Crippen LogP contribution in [0.25, 0.3) is 0 Å². The van der Waals surface area contributed by atoms with Crippen molar-refractivity contribution in [3.63, 3.8) is 0 Å². The third-order valence-electron chi connectivity index (χ3n) is 5.81. The number of Topliss-reactive ketones (excluding diaryl/α,β-unsaturated/α-hetero) is 1. The molecule has 1 atom stereocenters. The molecule has 3 aromatic carbocycles. The average molecular weight is 477 g/mol. The van der Waals surface area contributed by atoms with Crippen LogP contribution in [-0.2, 0) is 22.1 Å². The Morgan fingerprint density at radius 2 is 1.76 bits per heavy atom. The van der Waals surface area contributed by atoms with E-state index < -0.39 is 11.0 Å². The largest absolute Gasteiger partial charge is 0.462 e. The highest BCUT2D eigenvalue weighted by Crippen LogP contribution is 2.29. The number of ketones is 1. The summed E-state index contributed by atoms with van der Waals surface area (Å²) in [5.41, 5.74) is 4.51. The number of nitrogens with one attached hydrogen (secondary N) is 1. The molecule has 1 aliphatic rings. The van der Waals surface area contributed by atoms with Crippen LogP contribution in [0.15, 0.2) is 77.7 Å². The van der Waals surface area contributed by atoms with Crippen LogP contribution in [-0.4, -0.2) is 42.2 Å². The number of anilines is 1. The lowest BCUT2D eigenvalue weighted by atomic mass is 10.1. The van der Waals surface area contributed by atoms with Gasteiger partial charge in [-0.15, -0.1) is 0 Å². The van der Waals surface area contributed by atoms with Gasteiger partial charge in [0.25, 0.3) is 0 Å². The fourth-order valence-corrected chi connectivity index (χ4v) is 4.74. The molecule has 0 radical (unpaired) electrons. The van der Waals surface area contributed by atoms with E-state index in [1.165, 1.54) is 0 Å². The molecule has 1 N–H and O–H groups in total. The molecule has 0 aromatic heterocycles. The number of carbonyl (C=O) groups excluding carboxylic acids is 2. The Kier molecular flexibility index (Phi) is 7.87. The molecular formula is C27H28N2O4S. The van der Waals surface area contributed by atoms with Crippen molar-refractivity contribution in [3.8, 4) is 0 Å². The number of carbonyl (C=O) groups is 2. The summed E-state index contributed by atoms with van der Waals surface area (Å²) in [7, 11) is -1.43. The first-order chi connectivity index (χ1) is 16.5.